The number of hydrogen-bond acceptors (Lipinski definition) is 2. The van der Waals surface area contributed by atoms with E-state index in [2.05, 4.69) is 11.4 Å². The predicted octanol–water partition coefficient (Wildman–Crippen LogP) is 2.31. The van der Waals surface area contributed by atoms with Gasteiger partial charge in [0.1, 0.15) is 0 Å². The molecule has 1 aromatic carbocycles. The maximum atomic E-state index is 11.8. The first-order chi connectivity index (χ1) is 8.57. The fraction of sp³-hybridized carbons (Fsp3) is 0.533. The highest BCUT2D eigenvalue weighted by atomic mass is 16.3. The van der Waals surface area contributed by atoms with Gasteiger partial charge in [0.25, 0.3) is 0 Å². The number of rotatable bonds is 4. The SMILES string of the molecule is Cc1cccc(CNC(=O)CC2(O)CCCC2)c1. The fourth-order valence-electron chi connectivity index (χ4n) is 2.59. The average Bonchev–Trinajstić information content (AvgIpc) is 2.73. The molecule has 3 heteroatoms. The van der Waals surface area contributed by atoms with E-state index in [0.29, 0.717) is 6.54 Å². The van der Waals surface area contributed by atoms with E-state index in [1.54, 1.807) is 0 Å². The van der Waals surface area contributed by atoms with Gasteiger partial charge in [-0.2, -0.15) is 0 Å². The Kier molecular flexibility index (Phi) is 4.02. The Balaban J connectivity index is 1.81. The fourth-order valence-corrected chi connectivity index (χ4v) is 2.59. The third-order valence-electron chi connectivity index (χ3n) is 3.60. The van der Waals surface area contributed by atoms with Crippen LogP contribution in [0.2, 0.25) is 0 Å². The largest absolute Gasteiger partial charge is 0.389 e. The summed E-state index contributed by atoms with van der Waals surface area (Å²) in [4.78, 5) is 11.8. The Morgan fingerprint density at radius 3 is 2.78 bits per heavy atom. The first-order valence-corrected chi connectivity index (χ1v) is 6.62. The lowest BCUT2D eigenvalue weighted by Crippen LogP contribution is -2.34. The van der Waals surface area contributed by atoms with Gasteiger partial charge in [0.2, 0.25) is 5.91 Å². The van der Waals surface area contributed by atoms with Crippen LogP contribution >= 0.6 is 0 Å². The summed E-state index contributed by atoms with van der Waals surface area (Å²) in [7, 11) is 0. The molecule has 3 nitrogen and oxygen atoms in total. The highest BCUT2D eigenvalue weighted by Gasteiger charge is 2.33. The first-order valence-electron chi connectivity index (χ1n) is 6.62. The molecule has 1 aliphatic rings. The number of nitrogens with one attached hydrogen (secondary N) is 1. The third-order valence-corrected chi connectivity index (χ3v) is 3.60. The molecular formula is C15H21NO2. The Hall–Kier alpha value is -1.35. The molecule has 98 valence electrons. The lowest BCUT2D eigenvalue weighted by molar-refractivity contribution is -0.126. The molecule has 0 spiro atoms. The van der Waals surface area contributed by atoms with Crippen LogP contribution < -0.4 is 5.32 Å². The van der Waals surface area contributed by atoms with Crippen molar-refractivity contribution in [3.05, 3.63) is 35.4 Å². The van der Waals surface area contributed by atoms with Crippen LogP contribution in [0.3, 0.4) is 0 Å². The van der Waals surface area contributed by atoms with Crippen molar-refractivity contribution in [3.8, 4) is 0 Å². The van der Waals surface area contributed by atoms with Gasteiger partial charge in [0, 0.05) is 6.54 Å². The van der Waals surface area contributed by atoms with E-state index in [9.17, 15) is 9.90 Å². The van der Waals surface area contributed by atoms with Crippen LogP contribution in [0.4, 0.5) is 0 Å². The highest BCUT2D eigenvalue weighted by molar-refractivity contribution is 5.77. The van der Waals surface area contributed by atoms with E-state index >= 15 is 0 Å². The van der Waals surface area contributed by atoms with E-state index < -0.39 is 5.60 Å². The van der Waals surface area contributed by atoms with Gasteiger partial charge in [-0.1, -0.05) is 42.7 Å². The second kappa shape index (κ2) is 5.53. The van der Waals surface area contributed by atoms with Crippen molar-refractivity contribution in [1.82, 2.24) is 5.32 Å². The summed E-state index contributed by atoms with van der Waals surface area (Å²) in [6, 6.07) is 8.08. The number of carbonyl (C=O) groups excluding carboxylic acids is 1. The van der Waals surface area contributed by atoms with Crippen molar-refractivity contribution in [2.75, 3.05) is 0 Å². The van der Waals surface area contributed by atoms with E-state index in [4.69, 9.17) is 0 Å². The molecule has 2 rings (SSSR count). The van der Waals surface area contributed by atoms with Gasteiger partial charge < -0.3 is 10.4 Å². The molecule has 0 unspecified atom stereocenters. The minimum absolute atomic E-state index is 0.0547. The lowest BCUT2D eigenvalue weighted by atomic mass is 9.97. The standard InChI is InChI=1S/C15H21NO2/c1-12-5-4-6-13(9-12)11-16-14(17)10-15(18)7-2-3-8-15/h4-6,9,18H,2-3,7-8,10-11H2,1H3,(H,16,17). The zero-order chi connectivity index (χ0) is 13.0. The molecule has 0 aliphatic heterocycles. The van der Waals surface area contributed by atoms with Crippen molar-refractivity contribution in [2.24, 2.45) is 0 Å². The normalized spacial score (nSPS) is 17.7. The predicted molar refractivity (Wildman–Crippen MR) is 71.1 cm³/mol. The number of hydrogen-bond donors (Lipinski definition) is 2. The van der Waals surface area contributed by atoms with Gasteiger partial charge in [-0.3, -0.25) is 4.79 Å². The average molecular weight is 247 g/mol. The highest BCUT2D eigenvalue weighted by Crippen LogP contribution is 2.32. The maximum Gasteiger partial charge on any atom is 0.223 e. The quantitative estimate of drug-likeness (QED) is 0.857. The third kappa shape index (κ3) is 3.57. The van der Waals surface area contributed by atoms with Crippen LogP contribution in [0.1, 0.15) is 43.2 Å². The molecule has 0 aromatic heterocycles. The number of benzene rings is 1. The number of amides is 1. The molecular weight excluding hydrogens is 226 g/mol. The van der Waals surface area contributed by atoms with Gasteiger partial charge in [-0.15, -0.1) is 0 Å². The van der Waals surface area contributed by atoms with Crippen LogP contribution in [0.15, 0.2) is 24.3 Å². The van der Waals surface area contributed by atoms with Crippen molar-refractivity contribution in [1.29, 1.82) is 0 Å². The van der Waals surface area contributed by atoms with Crippen LogP contribution in [0.5, 0.6) is 0 Å². The molecule has 1 aromatic rings. The van der Waals surface area contributed by atoms with Crippen molar-refractivity contribution in [2.45, 2.75) is 51.2 Å². The second-order valence-corrected chi connectivity index (χ2v) is 5.37. The first kappa shape index (κ1) is 13.1. The molecule has 18 heavy (non-hydrogen) atoms. The number of carbonyl (C=O) groups is 1. The number of aliphatic hydroxyl groups is 1. The van der Waals surface area contributed by atoms with Crippen LogP contribution in [-0.4, -0.2) is 16.6 Å². The van der Waals surface area contributed by atoms with E-state index in [1.165, 1.54) is 5.56 Å². The zero-order valence-corrected chi connectivity index (χ0v) is 10.9. The van der Waals surface area contributed by atoms with Gasteiger partial charge in [-0.05, 0) is 25.3 Å². The monoisotopic (exact) mass is 247 g/mol. The van der Waals surface area contributed by atoms with Crippen molar-refractivity contribution < 1.29 is 9.90 Å². The summed E-state index contributed by atoms with van der Waals surface area (Å²) < 4.78 is 0. The summed E-state index contributed by atoms with van der Waals surface area (Å²) in [6.07, 6.45) is 3.80. The topological polar surface area (TPSA) is 49.3 Å². The summed E-state index contributed by atoms with van der Waals surface area (Å²) in [5, 5.41) is 13.0. The van der Waals surface area contributed by atoms with Gasteiger partial charge in [0.15, 0.2) is 0 Å². The van der Waals surface area contributed by atoms with Crippen LogP contribution in [0.25, 0.3) is 0 Å². The minimum atomic E-state index is -0.753. The molecule has 1 amide bonds. The van der Waals surface area contributed by atoms with Crippen LogP contribution in [0, 0.1) is 6.92 Å². The molecule has 0 atom stereocenters. The Morgan fingerprint density at radius 2 is 2.11 bits per heavy atom. The molecule has 1 fully saturated rings. The second-order valence-electron chi connectivity index (χ2n) is 5.37. The van der Waals surface area contributed by atoms with E-state index in [-0.39, 0.29) is 12.3 Å². The van der Waals surface area contributed by atoms with E-state index in [1.807, 2.05) is 25.1 Å². The van der Waals surface area contributed by atoms with Crippen molar-refractivity contribution >= 4 is 5.91 Å². The summed E-state index contributed by atoms with van der Waals surface area (Å²) >= 11 is 0. The van der Waals surface area contributed by atoms with Crippen molar-refractivity contribution in [3.63, 3.8) is 0 Å². The Labute approximate surface area is 108 Å². The molecule has 0 radical (unpaired) electrons. The van der Waals surface area contributed by atoms with Gasteiger partial charge >= 0.3 is 0 Å². The van der Waals surface area contributed by atoms with E-state index in [0.717, 1.165) is 31.2 Å². The summed E-state index contributed by atoms with van der Waals surface area (Å²) in [5.74, 6) is -0.0547. The summed E-state index contributed by atoms with van der Waals surface area (Å²) in [6.45, 7) is 2.57. The molecule has 1 saturated carbocycles. The van der Waals surface area contributed by atoms with Gasteiger partial charge in [0.05, 0.1) is 12.0 Å². The molecule has 0 heterocycles. The molecule has 0 saturated heterocycles. The minimum Gasteiger partial charge on any atom is -0.389 e. The Morgan fingerprint density at radius 1 is 1.39 bits per heavy atom. The smallest absolute Gasteiger partial charge is 0.223 e. The van der Waals surface area contributed by atoms with Gasteiger partial charge in [-0.25, -0.2) is 0 Å². The molecule has 2 N–H and O–H groups in total. The van der Waals surface area contributed by atoms with Crippen LogP contribution in [-0.2, 0) is 11.3 Å². The zero-order valence-electron chi connectivity index (χ0n) is 10.9. The number of aryl methyl sites for hydroxylation is 1. The molecule has 0 bridgehead atoms. The lowest BCUT2D eigenvalue weighted by Gasteiger charge is -2.21. The summed E-state index contributed by atoms with van der Waals surface area (Å²) in [5.41, 5.74) is 1.54. The molecule has 1 aliphatic carbocycles. The maximum absolute atomic E-state index is 11.8. The Bertz CT molecular complexity index is 422.